The van der Waals surface area contributed by atoms with E-state index >= 15 is 0 Å². The number of rotatable bonds is 6. The molecule has 0 amide bonds. The Hall–Kier alpha value is -2.91. The number of sulfonamides is 1. The fourth-order valence-electron chi connectivity index (χ4n) is 6.06. The van der Waals surface area contributed by atoms with Gasteiger partial charge in [-0.1, -0.05) is 25.3 Å². The van der Waals surface area contributed by atoms with Gasteiger partial charge in [0.15, 0.2) is 5.11 Å². The van der Waals surface area contributed by atoms with E-state index < -0.39 is 10.0 Å². The van der Waals surface area contributed by atoms with Crippen LogP contribution in [-0.4, -0.2) is 29.3 Å². The van der Waals surface area contributed by atoms with Gasteiger partial charge in [0.25, 0.3) is 0 Å². The third-order valence-corrected chi connectivity index (χ3v) is 8.57. The lowest BCUT2D eigenvalue weighted by Gasteiger charge is -2.30. The minimum Gasteiger partial charge on any atom is -0.351 e. The number of aromatic nitrogens is 2. The molecule has 7 nitrogen and oxygen atoms in total. The maximum atomic E-state index is 11.8. The Morgan fingerprint density at radius 2 is 1.81 bits per heavy atom. The van der Waals surface area contributed by atoms with Crippen molar-refractivity contribution in [1.29, 1.82) is 0 Å². The van der Waals surface area contributed by atoms with Crippen LogP contribution in [0.5, 0.6) is 0 Å². The Balaban J connectivity index is 1.61. The van der Waals surface area contributed by atoms with Crippen LogP contribution < -0.4 is 14.9 Å². The number of anilines is 2. The summed E-state index contributed by atoms with van der Waals surface area (Å²) >= 11 is 5.92. The molecule has 5 rings (SSSR count). The molecule has 2 aromatic heterocycles. The standard InChI is InChI=1S/C28H35N5O2S2/c1-18-16-22(13-14-24(18)31-37(4,34)35)33-27(26(30-28(33)36)25-12-8-9-15-29-25)23-17-19(2)32(20(23)3)21-10-6-5-7-11-21/h8-9,12-17,21,26-27,31H,5-7,10-11H2,1-4H3,(H,30,36)/t26-,27-/m1/s1. The average molecular weight is 538 g/mol. The molecule has 0 bridgehead atoms. The second-order valence-corrected chi connectivity index (χ2v) is 12.5. The van der Waals surface area contributed by atoms with Crippen molar-refractivity contribution in [3.8, 4) is 0 Å². The number of nitrogens with zero attached hydrogens (tertiary/aromatic N) is 3. The molecule has 3 aromatic rings. The van der Waals surface area contributed by atoms with E-state index in [4.69, 9.17) is 12.2 Å². The van der Waals surface area contributed by atoms with Crippen LogP contribution in [0.4, 0.5) is 11.4 Å². The largest absolute Gasteiger partial charge is 0.351 e. The molecule has 2 N–H and O–H groups in total. The van der Waals surface area contributed by atoms with Crippen molar-refractivity contribution in [1.82, 2.24) is 14.9 Å². The first kappa shape index (κ1) is 25.7. The summed E-state index contributed by atoms with van der Waals surface area (Å²) in [6.07, 6.45) is 9.31. The highest BCUT2D eigenvalue weighted by Gasteiger charge is 2.42. The van der Waals surface area contributed by atoms with Gasteiger partial charge in [-0.3, -0.25) is 9.71 Å². The molecule has 1 saturated carbocycles. The number of benzene rings is 1. The number of pyridine rings is 1. The molecule has 2 fully saturated rings. The summed E-state index contributed by atoms with van der Waals surface area (Å²) < 4.78 is 28.8. The second-order valence-electron chi connectivity index (χ2n) is 10.4. The molecule has 0 spiro atoms. The number of thiocarbonyl (C=S) groups is 1. The van der Waals surface area contributed by atoms with E-state index in [1.165, 1.54) is 49.1 Å². The molecule has 1 aliphatic heterocycles. The highest BCUT2D eigenvalue weighted by atomic mass is 32.2. The average Bonchev–Trinajstić information content (AvgIpc) is 3.35. The normalized spacial score (nSPS) is 20.8. The number of hydrogen-bond acceptors (Lipinski definition) is 4. The van der Waals surface area contributed by atoms with Crippen LogP contribution in [0, 0.1) is 20.8 Å². The maximum absolute atomic E-state index is 11.8. The summed E-state index contributed by atoms with van der Waals surface area (Å²) in [4.78, 5) is 6.85. The third kappa shape index (κ3) is 5.11. The first-order valence-electron chi connectivity index (χ1n) is 12.9. The fourth-order valence-corrected chi connectivity index (χ4v) is 7.04. The van der Waals surface area contributed by atoms with Gasteiger partial charge in [-0.05, 0) is 93.4 Å². The summed E-state index contributed by atoms with van der Waals surface area (Å²) in [5.41, 5.74) is 7.05. The van der Waals surface area contributed by atoms with Crippen molar-refractivity contribution >= 4 is 38.7 Å². The second kappa shape index (κ2) is 10.1. The van der Waals surface area contributed by atoms with Gasteiger partial charge in [0.2, 0.25) is 10.0 Å². The lowest BCUT2D eigenvalue weighted by molar-refractivity contribution is 0.345. The molecule has 0 radical (unpaired) electrons. The summed E-state index contributed by atoms with van der Waals surface area (Å²) in [5, 5.41) is 4.18. The molecule has 1 saturated heterocycles. The van der Waals surface area contributed by atoms with E-state index in [0.29, 0.717) is 16.8 Å². The summed E-state index contributed by atoms with van der Waals surface area (Å²) in [7, 11) is -3.37. The van der Waals surface area contributed by atoms with Gasteiger partial charge in [0.1, 0.15) is 0 Å². The smallest absolute Gasteiger partial charge is 0.229 e. The maximum Gasteiger partial charge on any atom is 0.229 e. The third-order valence-electron chi connectivity index (χ3n) is 7.66. The first-order valence-corrected chi connectivity index (χ1v) is 15.2. The summed E-state index contributed by atoms with van der Waals surface area (Å²) in [6, 6.07) is 14.4. The predicted molar refractivity (Wildman–Crippen MR) is 154 cm³/mol. The van der Waals surface area contributed by atoms with E-state index in [2.05, 4.69) is 44.4 Å². The molecule has 37 heavy (non-hydrogen) atoms. The minimum atomic E-state index is -3.37. The van der Waals surface area contributed by atoms with Crippen LogP contribution >= 0.6 is 12.2 Å². The van der Waals surface area contributed by atoms with Crippen molar-refractivity contribution in [3.05, 3.63) is 76.9 Å². The van der Waals surface area contributed by atoms with Crippen molar-refractivity contribution in [2.24, 2.45) is 0 Å². The van der Waals surface area contributed by atoms with Crippen LogP contribution in [0.1, 0.15) is 78.4 Å². The molecule has 2 atom stereocenters. The molecular weight excluding hydrogens is 502 g/mol. The van der Waals surface area contributed by atoms with Crippen molar-refractivity contribution in [3.63, 3.8) is 0 Å². The zero-order valence-corrected chi connectivity index (χ0v) is 23.5. The number of aryl methyl sites for hydroxylation is 2. The van der Waals surface area contributed by atoms with Crippen LogP contribution in [0.15, 0.2) is 48.7 Å². The van der Waals surface area contributed by atoms with E-state index in [0.717, 1.165) is 23.2 Å². The quantitative estimate of drug-likeness (QED) is 0.383. The zero-order valence-electron chi connectivity index (χ0n) is 21.9. The molecule has 3 heterocycles. The van der Waals surface area contributed by atoms with Crippen molar-refractivity contribution in [2.75, 3.05) is 15.9 Å². The monoisotopic (exact) mass is 537 g/mol. The molecule has 1 aliphatic carbocycles. The highest BCUT2D eigenvalue weighted by Crippen LogP contribution is 2.45. The Morgan fingerprint density at radius 1 is 1.05 bits per heavy atom. The highest BCUT2D eigenvalue weighted by molar-refractivity contribution is 7.92. The van der Waals surface area contributed by atoms with Crippen LogP contribution in [0.3, 0.4) is 0 Å². The molecule has 196 valence electrons. The summed E-state index contributed by atoms with van der Waals surface area (Å²) in [5.74, 6) is 0. The molecular formula is C28H35N5O2S2. The minimum absolute atomic E-state index is 0.0981. The lowest BCUT2D eigenvalue weighted by atomic mass is 9.94. The SMILES string of the molecule is Cc1cc(N2C(=S)N[C@H](c3ccccn3)[C@H]2c2cc(C)n(C3CCCCC3)c2C)ccc1NS(C)(=O)=O. The molecule has 2 aliphatic rings. The summed E-state index contributed by atoms with van der Waals surface area (Å²) in [6.45, 7) is 6.35. The van der Waals surface area contributed by atoms with Gasteiger partial charge in [0.05, 0.1) is 29.7 Å². The van der Waals surface area contributed by atoms with Gasteiger partial charge in [-0.2, -0.15) is 0 Å². The lowest BCUT2D eigenvalue weighted by Crippen LogP contribution is -2.29. The Labute approximate surface area is 225 Å². The van der Waals surface area contributed by atoms with Gasteiger partial charge in [-0.15, -0.1) is 0 Å². The van der Waals surface area contributed by atoms with Crippen molar-refractivity contribution in [2.45, 2.75) is 71.0 Å². The van der Waals surface area contributed by atoms with Gasteiger partial charge >= 0.3 is 0 Å². The Kier molecular flexibility index (Phi) is 7.02. The fraction of sp³-hybridized carbons (Fsp3) is 0.429. The van der Waals surface area contributed by atoms with E-state index in [1.807, 2.05) is 49.5 Å². The molecule has 1 aromatic carbocycles. The molecule has 9 heteroatoms. The van der Waals surface area contributed by atoms with Crippen LogP contribution in [-0.2, 0) is 10.0 Å². The zero-order chi connectivity index (χ0) is 26.3. The van der Waals surface area contributed by atoms with E-state index in [-0.39, 0.29) is 12.1 Å². The van der Waals surface area contributed by atoms with Gasteiger partial charge in [0, 0.05) is 29.3 Å². The van der Waals surface area contributed by atoms with Crippen molar-refractivity contribution < 1.29 is 8.42 Å². The number of hydrogen-bond donors (Lipinski definition) is 2. The van der Waals surface area contributed by atoms with E-state index in [1.54, 1.807) is 0 Å². The van der Waals surface area contributed by atoms with Gasteiger partial charge in [-0.25, -0.2) is 8.42 Å². The van der Waals surface area contributed by atoms with Gasteiger partial charge < -0.3 is 14.8 Å². The Morgan fingerprint density at radius 3 is 2.46 bits per heavy atom. The Bertz CT molecular complexity index is 1410. The van der Waals surface area contributed by atoms with E-state index in [9.17, 15) is 8.42 Å². The molecule has 0 unspecified atom stereocenters. The number of nitrogens with one attached hydrogen (secondary N) is 2. The topological polar surface area (TPSA) is 79.3 Å². The van der Waals surface area contributed by atoms with Crippen LogP contribution in [0.2, 0.25) is 0 Å². The predicted octanol–water partition coefficient (Wildman–Crippen LogP) is 5.86. The first-order chi connectivity index (χ1) is 17.6. The van der Waals surface area contributed by atoms with Crippen LogP contribution in [0.25, 0.3) is 0 Å².